The van der Waals surface area contributed by atoms with Crippen LogP contribution in [-0.2, 0) is 29.3 Å². The monoisotopic (exact) mass is 741 g/mol. The van der Waals surface area contributed by atoms with Crippen LogP contribution in [0.3, 0.4) is 0 Å². The molecule has 2 aliphatic rings. The van der Waals surface area contributed by atoms with Crippen molar-refractivity contribution in [2.24, 2.45) is 0 Å². The van der Waals surface area contributed by atoms with E-state index < -0.39 is 43.8 Å². The highest BCUT2D eigenvalue weighted by molar-refractivity contribution is 7.91. The Balaban J connectivity index is 0.000000727. The van der Waals surface area contributed by atoms with Crippen LogP contribution in [0.25, 0.3) is 11.1 Å². The first-order chi connectivity index (χ1) is 23.3. The second-order valence-electron chi connectivity index (χ2n) is 11.9. The van der Waals surface area contributed by atoms with Crippen molar-refractivity contribution >= 4 is 37.5 Å². The van der Waals surface area contributed by atoms with Gasteiger partial charge in [0.05, 0.1) is 16.4 Å². The van der Waals surface area contributed by atoms with Crippen molar-refractivity contribution in [2.45, 2.75) is 41.9 Å². The minimum absolute atomic E-state index is 0.0864. The molecule has 5 rings (SSSR count). The number of carbonyl (C=O) groups is 3. The number of benzene rings is 3. The largest absolute Gasteiger partial charge is 0.490 e. The van der Waals surface area contributed by atoms with E-state index in [1.165, 1.54) is 29.2 Å². The number of sulfone groups is 2. The topological polar surface area (TPSA) is 167 Å². The summed E-state index contributed by atoms with van der Waals surface area (Å²) >= 11 is 0. The first kappa shape index (κ1) is 38.5. The molecule has 0 bridgehead atoms. The van der Waals surface area contributed by atoms with Gasteiger partial charge in [0.2, 0.25) is 5.91 Å². The Kier molecular flexibility index (Phi) is 12.1. The van der Waals surface area contributed by atoms with Crippen LogP contribution in [0.2, 0.25) is 0 Å². The van der Waals surface area contributed by atoms with E-state index in [0.717, 1.165) is 29.4 Å². The van der Waals surface area contributed by atoms with Crippen molar-refractivity contribution in [3.63, 3.8) is 0 Å². The highest BCUT2D eigenvalue weighted by Gasteiger charge is 2.39. The zero-order valence-electron chi connectivity index (χ0n) is 26.7. The van der Waals surface area contributed by atoms with Crippen molar-refractivity contribution < 1.29 is 53.9 Å². The molecule has 3 atom stereocenters. The zero-order valence-corrected chi connectivity index (χ0v) is 28.3. The molecule has 11 nitrogen and oxygen atoms in total. The van der Waals surface area contributed by atoms with Crippen molar-refractivity contribution in [3.8, 4) is 11.1 Å². The van der Waals surface area contributed by atoms with E-state index in [0.29, 0.717) is 18.5 Å². The predicted octanol–water partition coefficient (Wildman–Crippen LogP) is 3.42. The average molecular weight is 742 g/mol. The number of nitrogens with zero attached hydrogens (tertiary/aromatic N) is 1. The standard InChI is InChI=1S/C31H34FN3O6S2.C2HF3O2/c1-42(38,39)26-12-8-22(9-13-26)21-2-4-24(5-3-21)30(36)34-28(31(37)35-16-18-43(40,41)19-17-35)14-15-33-29-20-27(29)23-6-10-25(32)11-7-23;3-2(4,5)1(6)7/h2-13,27-29,33H,14-20H2,1H3,(H,34,36);(H,6,7)/t27-,28-,29+;/m0./s1. The molecule has 1 heterocycles. The predicted molar refractivity (Wildman–Crippen MR) is 175 cm³/mol. The third kappa shape index (κ3) is 10.8. The Bertz CT molecular complexity index is 1890. The first-order valence-electron chi connectivity index (χ1n) is 15.3. The van der Waals surface area contributed by atoms with Crippen LogP contribution in [0, 0.1) is 5.82 Å². The van der Waals surface area contributed by atoms with Crippen molar-refractivity contribution in [3.05, 3.63) is 89.7 Å². The van der Waals surface area contributed by atoms with E-state index >= 15 is 0 Å². The Morgan fingerprint density at radius 1 is 0.920 bits per heavy atom. The number of hydrogen-bond donors (Lipinski definition) is 3. The van der Waals surface area contributed by atoms with Crippen molar-refractivity contribution in [2.75, 3.05) is 37.4 Å². The number of alkyl halides is 3. The van der Waals surface area contributed by atoms with Crippen LogP contribution in [0.5, 0.6) is 0 Å². The lowest BCUT2D eigenvalue weighted by atomic mass is 10.0. The van der Waals surface area contributed by atoms with Gasteiger partial charge < -0.3 is 20.6 Å². The lowest BCUT2D eigenvalue weighted by Gasteiger charge is -2.30. The molecular weight excluding hydrogens is 707 g/mol. The summed E-state index contributed by atoms with van der Waals surface area (Å²) in [5.74, 6) is -3.74. The van der Waals surface area contributed by atoms with Gasteiger partial charge in [0, 0.05) is 36.9 Å². The van der Waals surface area contributed by atoms with E-state index in [1.807, 2.05) is 0 Å². The maximum atomic E-state index is 13.4. The number of rotatable bonds is 10. The molecule has 0 radical (unpaired) electrons. The fourth-order valence-corrected chi connectivity index (χ4v) is 7.10. The number of amides is 2. The quantitative estimate of drug-likeness (QED) is 0.264. The number of carboxylic acids is 1. The number of halogens is 4. The van der Waals surface area contributed by atoms with Crippen LogP contribution in [0.15, 0.2) is 77.7 Å². The Morgan fingerprint density at radius 3 is 1.94 bits per heavy atom. The van der Waals surface area contributed by atoms with Gasteiger partial charge in [-0.2, -0.15) is 13.2 Å². The van der Waals surface area contributed by atoms with Crippen LogP contribution in [0.1, 0.15) is 34.7 Å². The fourth-order valence-electron chi connectivity index (χ4n) is 5.27. The summed E-state index contributed by atoms with van der Waals surface area (Å²) < 4.78 is 92.3. The fraction of sp³-hybridized carbons (Fsp3) is 0.364. The molecule has 0 unspecified atom stereocenters. The van der Waals surface area contributed by atoms with E-state index in [-0.39, 0.29) is 53.2 Å². The van der Waals surface area contributed by atoms with Gasteiger partial charge in [-0.15, -0.1) is 0 Å². The lowest BCUT2D eigenvalue weighted by Crippen LogP contribution is -2.53. The molecule has 17 heteroatoms. The summed E-state index contributed by atoms with van der Waals surface area (Å²) in [5.41, 5.74) is 2.98. The van der Waals surface area contributed by atoms with E-state index in [4.69, 9.17) is 9.90 Å². The van der Waals surface area contributed by atoms with Crippen molar-refractivity contribution in [1.82, 2.24) is 15.5 Å². The number of carbonyl (C=O) groups excluding carboxylic acids is 2. The molecule has 1 saturated carbocycles. The van der Waals surface area contributed by atoms with Gasteiger partial charge in [0.25, 0.3) is 5.91 Å². The molecule has 1 aliphatic heterocycles. The number of nitrogens with one attached hydrogen (secondary N) is 2. The molecule has 2 amide bonds. The molecule has 50 heavy (non-hydrogen) atoms. The number of hydrogen-bond acceptors (Lipinski definition) is 8. The molecule has 270 valence electrons. The minimum Gasteiger partial charge on any atom is -0.475 e. The third-order valence-electron chi connectivity index (χ3n) is 8.19. The van der Waals surface area contributed by atoms with Gasteiger partial charge in [-0.25, -0.2) is 26.0 Å². The molecular formula is C33H35F4N3O8S2. The molecule has 0 aromatic heterocycles. The van der Waals surface area contributed by atoms with Crippen LogP contribution >= 0.6 is 0 Å². The van der Waals surface area contributed by atoms with Crippen LogP contribution in [0.4, 0.5) is 17.6 Å². The van der Waals surface area contributed by atoms with Gasteiger partial charge in [-0.1, -0.05) is 36.4 Å². The normalized spacial score (nSPS) is 19.0. The maximum Gasteiger partial charge on any atom is 0.490 e. The van der Waals surface area contributed by atoms with Crippen molar-refractivity contribution in [1.29, 1.82) is 0 Å². The summed E-state index contributed by atoms with van der Waals surface area (Å²) in [4.78, 5) is 37.3. The summed E-state index contributed by atoms with van der Waals surface area (Å²) in [6.07, 6.45) is -2.73. The summed E-state index contributed by atoms with van der Waals surface area (Å²) in [5, 5.41) is 13.4. The summed E-state index contributed by atoms with van der Waals surface area (Å²) in [6.45, 7) is 0.625. The van der Waals surface area contributed by atoms with Gasteiger partial charge in [-0.05, 0) is 72.5 Å². The highest BCUT2D eigenvalue weighted by atomic mass is 32.2. The molecule has 3 aromatic carbocycles. The smallest absolute Gasteiger partial charge is 0.475 e. The van der Waals surface area contributed by atoms with Gasteiger partial charge >= 0.3 is 12.1 Å². The maximum absolute atomic E-state index is 13.4. The van der Waals surface area contributed by atoms with E-state index in [2.05, 4.69) is 10.6 Å². The molecule has 3 aromatic rings. The first-order valence-corrected chi connectivity index (χ1v) is 19.0. The molecule has 1 aliphatic carbocycles. The SMILES string of the molecule is CS(=O)(=O)c1ccc(-c2ccc(C(=O)N[C@@H](CCN[C@@H]3C[C@H]3c3ccc(F)cc3)C(=O)N3CCS(=O)(=O)CC3)cc2)cc1.O=C(O)C(F)(F)F. The number of aliphatic carboxylic acids is 1. The van der Waals surface area contributed by atoms with Crippen LogP contribution in [-0.4, -0.2) is 100 Å². The minimum atomic E-state index is -5.08. The van der Waals surface area contributed by atoms with Gasteiger partial charge in [0.1, 0.15) is 11.9 Å². The molecule has 3 N–H and O–H groups in total. The highest BCUT2D eigenvalue weighted by Crippen LogP contribution is 2.40. The Morgan fingerprint density at radius 2 is 1.44 bits per heavy atom. The second-order valence-corrected chi connectivity index (χ2v) is 16.2. The van der Waals surface area contributed by atoms with E-state index in [9.17, 15) is 44.0 Å². The summed E-state index contributed by atoms with van der Waals surface area (Å²) in [7, 11) is -6.49. The Hall–Kier alpha value is -4.35. The van der Waals surface area contributed by atoms with Gasteiger partial charge in [0.15, 0.2) is 19.7 Å². The van der Waals surface area contributed by atoms with Gasteiger partial charge in [-0.3, -0.25) is 9.59 Å². The molecule has 0 spiro atoms. The average Bonchev–Trinajstić information content (AvgIpc) is 3.83. The lowest BCUT2D eigenvalue weighted by molar-refractivity contribution is -0.192. The summed E-state index contributed by atoms with van der Waals surface area (Å²) in [6, 6.07) is 19.0. The molecule has 1 saturated heterocycles. The Labute approximate surface area is 286 Å². The van der Waals surface area contributed by atoms with E-state index in [1.54, 1.807) is 48.5 Å². The third-order valence-corrected chi connectivity index (χ3v) is 10.9. The second kappa shape index (κ2) is 15.7. The number of carboxylic acid groups (broad SMARTS) is 1. The molecule has 2 fully saturated rings. The zero-order chi connectivity index (χ0) is 36.9. The van der Waals surface area contributed by atoms with Crippen LogP contribution < -0.4 is 10.6 Å².